The largest absolute Gasteiger partial charge is 0.493 e. The third-order valence-corrected chi connectivity index (χ3v) is 5.40. The first-order valence-electron chi connectivity index (χ1n) is 7.72. The van der Waals surface area contributed by atoms with Crippen LogP contribution in [0.1, 0.15) is 16.5 Å². The van der Waals surface area contributed by atoms with Gasteiger partial charge in [-0.25, -0.2) is 0 Å². The molecule has 25 heavy (non-hydrogen) atoms. The summed E-state index contributed by atoms with van der Waals surface area (Å²) in [6.45, 7) is 0.389. The first-order valence-corrected chi connectivity index (χ1v) is 9.15. The standard InChI is InChI=1S/C18H18ClNO4S/c1-23-15-7-4-12(17-20-14(10-25-17)18(21)22)8-16(15)24-9-11-2-5-13(19)6-3-11/h2-8,14,17,20H,9-10H2,1H3,(H,21,22). The molecule has 7 heteroatoms. The van der Waals surface area contributed by atoms with Crippen LogP contribution in [0, 0.1) is 0 Å². The molecular formula is C18H18ClNO4S. The van der Waals surface area contributed by atoms with E-state index < -0.39 is 12.0 Å². The van der Waals surface area contributed by atoms with Crippen molar-refractivity contribution in [1.29, 1.82) is 0 Å². The SMILES string of the molecule is COc1ccc(C2NC(C(=O)O)CS2)cc1OCc1ccc(Cl)cc1. The summed E-state index contributed by atoms with van der Waals surface area (Å²) in [7, 11) is 1.59. The fourth-order valence-corrected chi connectivity index (χ4v) is 3.87. The Balaban J connectivity index is 1.74. The average molecular weight is 380 g/mol. The van der Waals surface area contributed by atoms with E-state index in [2.05, 4.69) is 5.32 Å². The van der Waals surface area contributed by atoms with E-state index in [1.165, 1.54) is 0 Å². The van der Waals surface area contributed by atoms with E-state index in [4.69, 9.17) is 26.2 Å². The van der Waals surface area contributed by atoms with Gasteiger partial charge in [0.1, 0.15) is 12.6 Å². The molecule has 2 aromatic rings. The van der Waals surface area contributed by atoms with Crippen molar-refractivity contribution in [2.75, 3.05) is 12.9 Å². The number of carbonyl (C=O) groups is 1. The second-order valence-electron chi connectivity index (χ2n) is 5.60. The lowest BCUT2D eigenvalue weighted by Crippen LogP contribution is -2.33. The molecule has 0 radical (unpaired) electrons. The Morgan fingerprint density at radius 2 is 2.04 bits per heavy atom. The molecule has 1 aliphatic heterocycles. The predicted octanol–water partition coefficient (Wildman–Crippen LogP) is 3.72. The zero-order valence-corrected chi connectivity index (χ0v) is 15.1. The summed E-state index contributed by atoms with van der Waals surface area (Å²) in [5.74, 6) is 0.960. The van der Waals surface area contributed by atoms with Gasteiger partial charge in [-0.2, -0.15) is 0 Å². The fourth-order valence-electron chi connectivity index (χ4n) is 2.52. The third-order valence-electron chi connectivity index (χ3n) is 3.88. The number of halogens is 1. The molecule has 0 amide bonds. The van der Waals surface area contributed by atoms with Crippen LogP contribution in [0.5, 0.6) is 11.5 Å². The van der Waals surface area contributed by atoms with Gasteiger partial charge >= 0.3 is 5.97 Å². The Hall–Kier alpha value is -1.89. The van der Waals surface area contributed by atoms with Crippen molar-refractivity contribution < 1.29 is 19.4 Å². The van der Waals surface area contributed by atoms with Crippen LogP contribution < -0.4 is 14.8 Å². The number of carboxylic acids is 1. The van der Waals surface area contributed by atoms with Crippen molar-refractivity contribution in [2.24, 2.45) is 0 Å². The molecule has 1 saturated heterocycles. The number of rotatable bonds is 6. The molecule has 0 saturated carbocycles. The minimum Gasteiger partial charge on any atom is -0.493 e. The Morgan fingerprint density at radius 3 is 2.68 bits per heavy atom. The second-order valence-corrected chi connectivity index (χ2v) is 7.17. The van der Waals surface area contributed by atoms with Crippen LogP contribution in [0.3, 0.4) is 0 Å². The van der Waals surface area contributed by atoms with Gasteiger partial charge in [0.2, 0.25) is 0 Å². The monoisotopic (exact) mass is 379 g/mol. The van der Waals surface area contributed by atoms with Gasteiger partial charge in [0.25, 0.3) is 0 Å². The lowest BCUT2D eigenvalue weighted by Gasteiger charge is -2.16. The lowest BCUT2D eigenvalue weighted by molar-refractivity contribution is -0.138. The lowest BCUT2D eigenvalue weighted by atomic mass is 10.2. The van der Waals surface area contributed by atoms with Crippen LogP contribution >= 0.6 is 23.4 Å². The first-order chi connectivity index (χ1) is 12.1. The third kappa shape index (κ3) is 4.39. The Kier molecular flexibility index (Phi) is 5.73. The van der Waals surface area contributed by atoms with Gasteiger partial charge in [-0.3, -0.25) is 10.1 Å². The molecule has 2 unspecified atom stereocenters. The second kappa shape index (κ2) is 7.99. The van der Waals surface area contributed by atoms with E-state index in [1.54, 1.807) is 18.9 Å². The number of benzene rings is 2. The Morgan fingerprint density at radius 1 is 1.28 bits per heavy atom. The number of methoxy groups -OCH3 is 1. The number of ether oxygens (including phenoxy) is 2. The number of aliphatic carboxylic acids is 1. The number of hydrogen-bond acceptors (Lipinski definition) is 5. The highest BCUT2D eigenvalue weighted by atomic mass is 35.5. The quantitative estimate of drug-likeness (QED) is 0.797. The zero-order valence-electron chi connectivity index (χ0n) is 13.6. The summed E-state index contributed by atoms with van der Waals surface area (Å²) in [6.07, 6.45) is 0. The van der Waals surface area contributed by atoms with Crippen molar-refractivity contribution in [3.63, 3.8) is 0 Å². The summed E-state index contributed by atoms with van der Waals surface area (Å²) in [6, 6.07) is 12.6. The molecule has 1 aliphatic rings. The molecule has 0 spiro atoms. The number of thioether (sulfide) groups is 1. The van der Waals surface area contributed by atoms with Crippen molar-refractivity contribution >= 4 is 29.3 Å². The molecule has 3 rings (SSSR count). The van der Waals surface area contributed by atoms with Gasteiger partial charge in [-0.05, 0) is 35.4 Å². The van der Waals surface area contributed by atoms with Gasteiger partial charge in [0.05, 0.1) is 12.5 Å². The highest BCUT2D eigenvalue weighted by molar-refractivity contribution is 7.99. The molecule has 2 aromatic carbocycles. The van der Waals surface area contributed by atoms with Gasteiger partial charge in [0.15, 0.2) is 11.5 Å². The molecule has 1 fully saturated rings. The van der Waals surface area contributed by atoms with Crippen molar-refractivity contribution in [2.45, 2.75) is 18.0 Å². The smallest absolute Gasteiger partial charge is 0.321 e. The summed E-state index contributed by atoms with van der Waals surface area (Å²) in [4.78, 5) is 11.1. The highest BCUT2D eigenvalue weighted by Crippen LogP contribution is 2.37. The highest BCUT2D eigenvalue weighted by Gasteiger charge is 2.30. The van der Waals surface area contributed by atoms with Gasteiger partial charge in [-0.15, -0.1) is 11.8 Å². The van der Waals surface area contributed by atoms with E-state index in [0.29, 0.717) is 28.9 Å². The van der Waals surface area contributed by atoms with Crippen LogP contribution in [-0.2, 0) is 11.4 Å². The molecule has 0 aromatic heterocycles. The van der Waals surface area contributed by atoms with E-state index in [-0.39, 0.29) is 5.37 Å². The summed E-state index contributed by atoms with van der Waals surface area (Å²) < 4.78 is 11.3. The molecule has 132 valence electrons. The molecular weight excluding hydrogens is 362 g/mol. The normalized spacial score (nSPS) is 19.6. The van der Waals surface area contributed by atoms with Gasteiger partial charge in [-0.1, -0.05) is 29.8 Å². The molecule has 2 atom stereocenters. The van der Waals surface area contributed by atoms with Crippen molar-refractivity contribution in [1.82, 2.24) is 5.32 Å². The minimum absolute atomic E-state index is 0.0788. The number of nitrogens with one attached hydrogen (secondary N) is 1. The van der Waals surface area contributed by atoms with Gasteiger partial charge < -0.3 is 14.6 Å². The Labute approximate surface area is 155 Å². The maximum Gasteiger partial charge on any atom is 0.321 e. The number of carboxylic acid groups (broad SMARTS) is 1. The van der Waals surface area contributed by atoms with Crippen LogP contribution in [0.25, 0.3) is 0 Å². The Bertz CT molecular complexity index is 753. The predicted molar refractivity (Wildman–Crippen MR) is 98.5 cm³/mol. The van der Waals surface area contributed by atoms with Crippen molar-refractivity contribution in [3.05, 3.63) is 58.6 Å². The topological polar surface area (TPSA) is 67.8 Å². The maximum atomic E-state index is 11.1. The molecule has 2 N–H and O–H groups in total. The minimum atomic E-state index is -0.831. The summed E-state index contributed by atoms with van der Waals surface area (Å²) >= 11 is 7.46. The van der Waals surface area contributed by atoms with Crippen LogP contribution in [-0.4, -0.2) is 30.0 Å². The van der Waals surface area contributed by atoms with Crippen molar-refractivity contribution in [3.8, 4) is 11.5 Å². The van der Waals surface area contributed by atoms with E-state index >= 15 is 0 Å². The zero-order chi connectivity index (χ0) is 17.8. The van der Waals surface area contributed by atoms with E-state index in [9.17, 15) is 4.79 Å². The molecule has 0 aliphatic carbocycles. The molecule has 0 bridgehead atoms. The molecule has 1 heterocycles. The molecule has 5 nitrogen and oxygen atoms in total. The average Bonchev–Trinajstić information content (AvgIpc) is 3.11. The van der Waals surface area contributed by atoms with E-state index in [0.717, 1.165) is 11.1 Å². The van der Waals surface area contributed by atoms with E-state index in [1.807, 2.05) is 42.5 Å². The summed E-state index contributed by atoms with van der Waals surface area (Å²) in [5, 5.41) is 12.8. The fraction of sp³-hybridized carbons (Fsp3) is 0.278. The number of hydrogen-bond donors (Lipinski definition) is 2. The van der Waals surface area contributed by atoms with Gasteiger partial charge in [0, 0.05) is 10.8 Å². The maximum absolute atomic E-state index is 11.1. The van der Waals surface area contributed by atoms with Crippen LogP contribution in [0.4, 0.5) is 0 Å². The summed E-state index contributed by atoms with van der Waals surface area (Å²) in [5.41, 5.74) is 1.96. The van der Waals surface area contributed by atoms with Crippen LogP contribution in [0.2, 0.25) is 5.02 Å². The first kappa shape index (κ1) is 17.9. The van der Waals surface area contributed by atoms with Crippen LogP contribution in [0.15, 0.2) is 42.5 Å².